The predicted molar refractivity (Wildman–Crippen MR) is 70.0 cm³/mol. The van der Waals surface area contributed by atoms with Gasteiger partial charge in [-0.1, -0.05) is 0 Å². The van der Waals surface area contributed by atoms with Gasteiger partial charge in [-0.25, -0.2) is 0 Å². The van der Waals surface area contributed by atoms with Gasteiger partial charge in [-0.15, -0.1) is 0 Å². The maximum absolute atomic E-state index is 11.9. The molecule has 2 N–H and O–H groups in total. The van der Waals surface area contributed by atoms with Crippen molar-refractivity contribution in [3.63, 3.8) is 0 Å². The first kappa shape index (κ1) is 12.8. The third-order valence-corrected chi connectivity index (χ3v) is 3.18. The molecule has 1 heterocycles. The number of likely N-dealkylation sites (N-methyl/N-ethyl adjacent to an activating group) is 1. The van der Waals surface area contributed by atoms with Crippen molar-refractivity contribution in [1.29, 1.82) is 0 Å². The fourth-order valence-electron chi connectivity index (χ4n) is 2.17. The Kier molecular flexibility index (Phi) is 3.81. The summed E-state index contributed by atoms with van der Waals surface area (Å²) in [6, 6.07) is 1.74. The molecule has 5 nitrogen and oxygen atoms in total. The van der Waals surface area contributed by atoms with Crippen molar-refractivity contribution in [1.82, 2.24) is 15.2 Å². The third kappa shape index (κ3) is 2.79. The van der Waals surface area contributed by atoms with Crippen molar-refractivity contribution in [2.24, 2.45) is 0 Å². The molecule has 0 saturated carbocycles. The standard InChI is InChI=1S/C13H19N3O2/c1-16(2)7-6-14-12(17)10-8-9-4-3-5-11(9)15-13(10)18/h8H,3-7H2,1-2H3,(H,14,17)(H,15,18). The summed E-state index contributed by atoms with van der Waals surface area (Å²) < 4.78 is 0. The molecule has 0 spiro atoms. The van der Waals surface area contributed by atoms with Crippen molar-refractivity contribution in [2.75, 3.05) is 27.2 Å². The lowest BCUT2D eigenvalue weighted by Crippen LogP contribution is -2.34. The average Bonchev–Trinajstić information content (AvgIpc) is 2.74. The monoisotopic (exact) mass is 249 g/mol. The highest BCUT2D eigenvalue weighted by Crippen LogP contribution is 2.18. The Hall–Kier alpha value is -1.62. The third-order valence-electron chi connectivity index (χ3n) is 3.18. The minimum atomic E-state index is -0.284. The molecule has 0 aliphatic heterocycles. The number of aryl methyl sites for hydroxylation is 2. The highest BCUT2D eigenvalue weighted by molar-refractivity contribution is 5.94. The second-order valence-electron chi connectivity index (χ2n) is 4.93. The number of carbonyl (C=O) groups excluding carboxylic acids is 1. The van der Waals surface area contributed by atoms with E-state index in [9.17, 15) is 9.59 Å². The van der Waals surface area contributed by atoms with E-state index in [2.05, 4.69) is 10.3 Å². The van der Waals surface area contributed by atoms with E-state index < -0.39 is 0 Å². The number of amides is 1. The van der Waals surface area contributed by atoms with E-state index >= 15 is 0 Å². The average molecular weight is 249 g/mol. The van der Waals surface area contributed by atoms with Crippen LogP contribution in [0.25, 0.3) is 0 Å². The second-order valence-corrected chi connectivity index (χ2v) is 4.93. The van der Waals surface area contributed by atoms with Crippen LogP contribution in [0.15, 0.2) is 10.9 Å². The Bertz CT molecular complexity index is 505. The molecule has 0 bridgehead atoms. The lowest BCUT2D eigenvalue weighted by molar-refractivity contribution is 0.0949. The fraction of sp³-hybridized carbons (Fsp3) is 0.538. The number of fused-ring (bicyclic) bond motifs is 1. The molecule has 1 aromatic rings. The van der Waals surface area contributed by atoms with E-state index in [4.69, 9.17) is 0 Å². The second kappa shape index (κ2) is 5.35. The molecule has 0 fully saturated rings. The maximum atomic E-state index is 11.9. The van der Waals surface area contributed by atoms with E-state index in [-0.39, 0.29) is 17.0 Å². The normalized spacial score (nSPS) is 13.7. The van der Waals surface area contributed by atoms with Gasteiger partial charge >= 0.3 is 0 Å². The summed E-state index contributed by atoms with van der Waals surface area (Å²) in [5.41, 5.74) is 2.05. The molecule has 98 valence electrons. The van der Waals surface area contributed by atoms with Crippen LogP contribution in [0.3, 0.4) is 0 Å². The summed E-state index contributed by atoms with van der Waals surface area (Å²) in [5.74, 6) is -0.284. The molecular formula is C13H19N3O2. The number of nitrogens with zero attached hydrogens (tertiary/aromatic N) is 1. The van der Waals surface area contributed by atoms with Gasteiger partial charge in [0.2, 0.25) is 0 Å². The smallest absolute Gasteiger partial charge is 0.261 e. The highest BCUT2D eigenvalue weighted by Gasteiger charge is 2.17. The number of aromatic nitrogens is 1. The molecule has 1 aliphatic carbocycles. The topological polar surface area (TPSA) is 65.2 Å². The van der Waals surface area contributed by atoms with E-state index in [1.807, 2.05) is 19.0 Å². The van der Waals surface area contributed by atoms with Crippen LogP contribution in [0.2, 0.25) is 0 Å². The summed E-state index contributed by atoms with van der Waals surface area (Å²) in [6.45, 7) is 1.30. The lowest BCUT2D eigenvalue weighted by Gasteiger charge is -2.10. The number of pyridine rings is 1. The molecule has 0 radical (unpaired) electrons. The van der Waals surface area contributed by atoms with E-state index in [1.165, 1.54) is 0 Å². The van der Waals surface area contributed by atoms with Crippen LogP contribution in [0, 0.1) is 0 Å². The van der Waals surface area contributed by atoms with Crippen LogP contribution in [0.1, 0.15) is 28.0 Å². The first-order chi connectivity index (χ1) is 8.58. The molecule has 1 aromatic heterocycles. The van der Waals surface area contributed by atoms with Gasteiger partial charge in [0, 0.05) is 18.8 Å². The summed E-state index contributed by atoms with van der Waals surface area (Å²) in [6.07, 6.45) is 2.91. The SMILES string of the molecule is CN(C)CCNC(=O)c1cc2c([nH]c1=O)CCC2. The molecule has 0 aromatic carbocycles. The zero-order chi connectivity index (χ0) is 13.1. The summed E-state index contributed by atoms with van der Waals surface area (Å²) >= 11 is 0. The number of rotatable bonds is 4. The largest absolute Gasteiger partial charge is 0.351 e. The minimum Gasteiger partial charge on any atom is -0.351 e. The summed E-state index contributed by atoms with van der Waals surface area (Å²) in [5, 5.41) is 2.76. The quantitative estimate of drug-likeness (QED) is 0.798. The molecule has 18 heavy (non-hydrogen) atoms. The van der Waals surface area contributed by atoms with E-state index in [0.29, 0.717) is 6.54 Å². The highest BCUT2D eigenvalue weighted by atomic mass is 16.2. The number of hydrogen-bond donors (Lipinski definition) is 2. The van der Waals surface area contributed by atoms with Crippen LogP contribution < -0.4 is 10.9 Å². The van der Waals surface area contributed by atoms with Gasteiger partial charge in [-0.2, -0.15) is 0 Å². The van der Waals surface area contributed by atoms with Gasteiger partial charge in [-0.05, 0) is 45.0 Å². The fourth-order valence-corrected chi connectivity index (χ4v) is 2.17. The molecule has 1 amide bonds. The molecule has 0 unspecified atom stereocenters. The van der Waals surface area contributed by atoms with Crippen LogP contribution in [-0.2, 0) is 12.8 Å². The minimum absolute atomic E-state index is 0.231. The van der Waals surface area contributed by atoms with Crippen molar-refractivity contribution < 1.29 is 4.79 Å². The van der Waals surface area contributed by atoms with Crippen LogP contribution in [-0.4, -0.2) is 43.0 Å². The maximum Gasteiger partial charge on any atom is 0.261 e. The van der Waals surface area contributed by atoms with Gasteiger partial charge in [0.1, 0.15) is 5.56 Å². The zero-order valence-corrected chi connectivity index (χ0v) is 10.9. The Morgan fingerprint density at radius 2 is 2.22 bits per heavy atom. The van der Waals surface area contributed by atoms with Gasteiger partial charge in [0.05, 0.1) is 0 Å². The number of carbonyl (C=O) groups is 1. The van der Waals surface area contributed by atoms with Crippen molar-refractivity contribution in [2.45, 2.75) is 19.3 Å². The number of hydrogen-bond acceptors (Lipinski definition) is 3. The molecular weight excluding hydrogens is 230 g/mol. The Labute approximate surface area is 106 Å². The Morgan fingerprint density at radius 1 is 1.44 bits per heavy atom. The van der Waals surface area contributed by atoms with Crippen LogP contribution >= 0.6 is 0 Å². The van der Waals surface area contributed by atoms with E-state index in [0.717, 1.165) is 37.1 Å². The Morgan fingerprint density at radius 3 is 2.94 bits per heavy atom. The summed E-state index contributed by atoms with van der Waals surface area (Å²) in [7, 11) is 3.88. The van der Waals surface area contributed by atoms with E-state index in [1.54, 1.807) is 6.07 Å². The number of H-pyrrole nitrogens is 1. The van der Waals surface area contributed by atoms with Gasteiger partial charge in [0.15, 0.2) is 0 Å². The van der Waals surface area contributed by atoms with Gasteiger partial charge in [0.25, 0.3) is 11.5 Å². The number of aromatic amines is 1. The molecule has 0 saturated heterocycles. The Balaban J connectivity index is 2.09. The molecule has 2 rings (SSSR count). The molecule has 1 aliphatic rings. The van der Waals surface area contributed by atoms with Gasteiger partial charge < -0.3 is 15.2 Å². The van der Waals surface area contributed by atoms with Crippen molar-refractivity contribution >= 4 is 5.91 Å². The lowest BCUT2D eigenvalue weighted by atomic mass is 10.1. The first-order valence-corrected chi connectivity index (χ1v) is 6.26. The molecule has 5 heteroatoms. The first-order valence-electron chi connectivity index (χ1n) is 6.26. The van der Waals surface area contributed by atoms with Crippen LogP contribution in [0.4, 0.5) is 0 Å². The number of nitrogens with one attached hydrogen (secondary N) is 2. The van der Waals surface area contributed by atoms with Crippen LogP contribution in [0.5, 0.6) is 0 Å². The molecule has 0 atom stereocenters. The zero-order valence-electron chi connectivity index (χ0n) is 10.9. The van der Waals surface area contributed by atoms with Crippen molar-refractivity contribution in [3.05, 3.63) is 33.2 Å². The van der Waals surface area contributed by atoms with Gasteiger partial charge in [-0.3, -0.25) is 9.59 Å². The van der Waals surface area contributed by atoms with Crippen molar-refractivity contribution in [3.8, 4) is 0 Å². The predicted octanol–water partition coefficient (Wildman–Crippen LogP) is 0.155. The summed E-state index contributed by atoms with van der Waals surface area (Å²) in [4.78, 5) is 28.5.